The fraction of sp³-hybridized carbons (Fsp3) is 0.111. The molecule has 0 aliphatic carbocycles. The maximum atomic E-state index is 11.8. The van der Waals surface area contributed by atoms with Crippen molar-refractivity contribution in [3.8, 4) is 0 Å². The van der Waals surface area contributed by atoms with E-state index < -0.39 is 5.51 Å². The average molecular weight is 273 g/mol. The first kappa shape index (κ1) is 12.7. The van der Waals surface area contributed by atoms with Crippen LogP contribution in [0, 0.1) is 0 Å². The monoisotopic (exact) mass is 272 g/mol. The molecule has 1 aromatic carbocycles. The molecule has 0 bridgehead atoms. The highest BCUT2D eigenvalue weighted by molar-refractivity contribution is 8.03. The SMILES string of the molecule is FC(F)(F)S/C=C/c1cc(Cl)cc(Cl)c1. The lowest BCUT2D eigenvalue weighted by atomic mass is 10.2. The summed E-state index contributed by atoms with van der Waals surface area (Å²) in [5.41, 5.74) is -3.73. The van der Waals surface area contributed by atoms with Gasteiger partial charge in [0.05, 0.1) is 0 Å². The molecule has 6 heteroatoms. The summed E-state index contributed by atoms with van der Waals surface area (Å²) in [6.07, 6.45) is 1.30. The quantitative estimate of drug-likeness (QED) is 0.712. The van der Waals surface area contributed by atoms with E-state index in [4.69, 9.17) is 23.2 Å². The number of hydrogen-bond acceptors (Lipinski definition) is 1. The molecule has 0 nitrogen and oxygen atoms in total. The summed E-state index contributed by atoms with van der Waals surface area (Å²) in [7, 11) is 0. The molecule has 82 valence electrons. The van der Waals surface area contributed by atoms with Gasteiger partial charge in [0, 0.05) is 10.0 Å². The molecule has 1 aromatic rings. The number of hydrogen-bond donors (Lipinski definition) is 0. The minimum atomic E-state index is -4.27. The van der Waals surface area contributed by atoms with Crippen molar-refractivity contribution < 1.29 is 13.2 Å². The van der Waals surface area contributed by atoms with Gasteiger partial charge in [-0.15, -0.1) is 0 Å². The first-order valence-corrected chi connectivity index (χ1v) is 5.37. The molecule has 0 aliphatic heterocycles. The van der Waals surface area contributed by atoms with Crippen LogP contribution in [0.15, 0.2) is 23.6 Å². The minimum absolute atomic E-state index is 0.227. The summed E-state index contributed by atoms with van der Waals surface area (Å²) in [6, 6.07) is 4.57. The fourth-order valence-electron chi connectivity index (χ4n) is 0.861. The van der Waals surface area contributed by atoms with Crippen LogP contribution < -0.4 is 0 Å². The molecule has 0 aliphatic rings. The summed E-state index contributed by atoms with van der Waals surface area (Å²) < 4.78 is 35.3. The van der Waals surface area contributed by atoms with Gasteiger partial charge >= 0.3 is 5.51 Å². The standard InChI is InChI=1S/C9H5Cl2F3S/c10-7-3-6(4-8(11)5-7)1-2-15-9(12,13)14/h1-5H/b2-1+. The predicted molar refractivity (Wildman–Crippen MR) is 59.1 cm³/mol. The smallest absolute Gasteiger partial charge is 0.160 e. The van der Waals surface area contributed by atoms with Gasteiger partial charge in [-0.1, -0.05) is 23.2 Å². The van der Waals surface area contributed by atoms with Crippen LogP contribution in [-0.2, 0) is 0 Å². The molecule has 0 fully saturated rings. The van der Waals surface area contributed by atoms with E-state index in [9.17, 15) is 13.2 Å². The van der Waals surface area contributed by atoms with E-state index >= 15 is 0 Å². The Morgan fingerprint density at radius 3 is 2.07 bits per heavy atom. The van der Waals surface area contributed by atoms with Gasteiger partial charge in [0.15, 0.2) is 0 Å². The van der Waals surface area contributed by atoms with E-state index in [1.54, 1.807) is 0 Å². The summed E-state index contributed by atoms with van der Waals surface area (Å²) >= 11 is 11.1. The summed E-state index contributed by atoms with van der Waals surface area (Å²) in [5.74, 6) is 0. The lowest BCUT2D eigenvalue weighted by Gasteiger charge is -2.00. The van der Waals surface area contributed by atoms with Crippen molar-refractivity contribution in [2.24, 2.45) is 0 Å². The Kier molecular flexibility index (Phi) is 4.37. The number of halogens is 5. The first-order valence-electron chi connectivity index (χ1n) is 3.74. The maximum Gasteiger partial charge on any atom is 0.445 e. The second kappa shape index (κ2) is 5.14. The molecule has 0 saturated carbocycles. The third kappa shape index (κ3) is 5.35. The molecular weight excluding hydrogens is 268 g/mol. The molecule has 0 N–H and O–H groups in total. The van der Waals surface area contributed by atoms with Crippen molar-refractivity contribution in [1.82, 2.24) is 0 Å². The Balaban J connectivity index is 2.72. The Morgan fingerprint density at radius 2 is 1.60 bits per heavy atom. The molecule has 0 spiro atoms. The molecule has 0 unspecified atom stereocenters. The van der Waals surface area contributed by atoms with E-state index in [1.165, 1.54) is 24.3 Å². The van der Waals surface area contributed by atoms with Crippen LogP contribution in [-0.4, -0.2) is 5.51 Å². The second-order valence-corrected chi connectivity index (χ2v) is 4.41. The Hall–Kier alpha value is -0.320. The zero-order valence-corrected chi connectivity index (χ0v) is 9.51. The maximum absolute atomic E-state index is 11.8. The highest BCUT2D eigenvalue weighted by atomic mass is 35.5. The molecule has 1 rings (SSSR count). The van der Waals surface area contributed by atoms with Crippen molar-refractivity contribution in [3.05, 3.63) is 39.2 Å². The van der Waals surface area contributed by atoms with E-state index in [2.05, 4.69) is 0 Å². The van der Waals surface area contributed by atoms with Crippen LogP contribution in [0.4, 0.5) is 13.2 Å². The van der Waals surface area contributed by atoms with E-state index in [0.29, 0.717) is 15.6 Å². The van der Waals surface area contributed by atoms with Gasteiger partial charge in [0.25, 0.3) is 0 Å². The number of benzene rings is 1. The third-order valence-electron chi connectivity index (χ3n) is 1.35. The Morgan fingerprint density at radius 1 is 1.07 bits per heavy atom. The first-order chi connectivity index (χ1) is 6.87. The number of rotatable bonds is 2. The molecular formula is C9H5Cl2F3S. The lowest BCUT2D eigenvalue weighted by molar-refractivity contribution is -0.0319. The van der Waals surface area contributed by atoms with Gasteiger partial charge in [0.2, 0.25) is 0 Å². The van der Waals surface area contributed by atoms with Gasteiger partial charge in [-0.3, -0.25) is 0 Å². The summed E-state index contributed by atoms with van der Waals surface area (Å²) in [5, 5.41) is 1.72. The van der Waals surface area contributed by atoms with Crippen molar-refractivity contribution in [2.75, 3.05) is 0 Å². The number of alkyl halides is 3. The Labute approximate surface area is 99.1 Å². The third-order valence-corrected chi connectivity index (χ3v) is 2.32. The molecule has 0 radical (unpaired) electrons. The van der Waals surface area contributed by atoms with Crippen LogP contribution in [0.25, 0.3) is 6.08 Å². The van der Waals surface area contributed by atoms with Crippen molar-refractivity contribution >= 4 is 41.0 Å². The highest BCUT2D eigenvalue weighted by Gasteiger charge is 2.26. The van der Waals surface area contributed by atoms with Gasteiger partial charge < -0.3 is 0 Å². The van der Waals surface area contributed by atoms with Crippen molar-refractivity contribution in [2.45, 2.75) is 5.51 Å². The molecule has 0 saturated heterocycles. The van der Waals surface area contributed by atoms with Gasteiger partial charge in [-0.25, -0.2) is 0 Å². The predicted octanol–water partition coefficient (Wildman–Crippen LogP) is 5.22. The fourth-order valence-corrected chi connectivity index (χ4v) is 1.78. The summed E-state index contributed by atoms with van der Waals surface area (Å²) in [6.45, 7) is 0. The minimum Gasteiger partial charge on any atom is -0.160 e. The van der Waals surface area contributed by atoms with E-state index in [1.807, 2.05) is 0 Å². The van der Waals surface area contributed by atoms with Crippen molar-refractivity contribution in [1.29, 1.82) is 0 Å². The van der Waals surface area contributed by atoms with Crippen LogP contribution in [0.2, 0.25) is 10.0 Å². The Bertz CT molecular complexity index is 354. The van der Waals surface area contributed by atoms with Crippen molar-refractivity contribution in [3.63, 3.8) is 0 Å². The van der Waals surface area contributed by atoms with Crippen LogP contribution in [0.5, 0.6) is 0 Å². The van der Waals surface area contributed by atoms with Crippen LogP contribution in [0.3, 0.4) is 0 Å². The molecule has 0 atom stereocenters. The highest BCUT2D eigenvalue weighted by Crippen LogP contribution is 2.31. The van der Waals surface area contributed by atoms with Crippen LogP contribution >= 0.6 is 35.0 Å². The lowest BCUT2D eigenvalue weighted by Crippen LogP contribution is -1.96. The zero-order chi connectivity index (χ0) is 11.5. The van der Waals surface area contributed by atoms with E-state index in [-0.39, 0.29) is 11.8 Å². The zero-order valence-electron chi connectivity index (χ0n) is 7.18. The summed E-state index contributed by atoms with van der Waals surface area (Å²) in [4.78, 5) is 0. The normalized spacial score (nSPS) is 12.3. The number of thioether (sulfide) groups is 1. The molecule has 0 heterocycles. The van der Waals surface area contributed by atoms with Crippen LogP contribution in [0.1, 0.15) is 5.56 Å². The molecule has 0 aromatic heterocycles. The molecule has 15 heavy (non-hydrogen) atoms. The van der Waals surface area contributed by atoms with Gasteiger partial charge in [0.1, 0.15) is 0 Å². The van der Waals surface area contributed by atoms with Gasteiger partial charge in [-0.2, -0.15) is 13.2 Å². The average Bonchev–Trinajstić information content (AvgIpc) is 1.99. The molecule has 0 amide bonds. The second-order valence-electron chi connectivity index (χ2n) is 2.57. The van der Waals surface area contributed by atoms with E-state index in [0.717, 1.165) is 5.41 Å². The van der Waals surface area contributed by atoms with Gasteiger partial charge in [-0.05, 0) is 47.0 Å². The topological polar surface area (TPSA) is 0 Å². The largest absolute Gasteiger partial charge is 0.445 e.